The van der Waals surface area contributed by atoms with E-state index in [-0.39, 0.29) is 29.9 Å². The van der Waals surface area contributed by atoms with Crippen LogP contribution in [0.2, 0.25) is 5.02 Å². The van der Waals surface area contributed by atoms with Crippen LogP contribution in [0.25, 0.3) is 0 Å². The quantitative estimate of drug-likeness (QED) is 0.780. The fourth-order valence-electron chi connectivity index (χ4n) is 4.41. The van der Waals surface area contributed by atoms with Gasteiger partial charge in [-0.1, -0.05) is 48.9 Å². The van der Waals surface area contributed by atoms with E-state index in [1.54, 1.807) is 19.2 Å². The number of Topliss-reactive ketones (excluding diaryl/α,β-unsaturated/α-hetero) is 1. The molecular formula is C24H24ClNO3. The van der Waals surface area contributed by atoms with E-state index in [0.717, 1.165) is 28.8 Å². The molecule has 1 aliphatic heterocycles. The zero-order chi connectivity index (χ0) is 20.5. The number of carbonyl (C=O) groups excluding carboxylic acids is 2. The molecule has 0 bridgehead atoms. The second-order valence-corrected chi connectivity index (χ2v) is 8.12. The maximum absolute atomic E-state index is 13.2. The molecule has 0 radical (unpaired) electrons. The van der Waals surface area contributed by atoms with Crippen molar-refractivity contribution in [2.24, 2.45) is 0 Å². The molecule has 4 nitrogen and oxygen atoms in total. The second-order valence-electron chi connectivity index (χ2n) is 7.71. The highest BCUT2D eigenvalue weighted by atomic mass is 35.5. The molecule has 150 valence electrons. The van der Waals surface area contributed by atoms with Crippen molar-refractivity contribution in [1.29, 1.82) is 0 Å². The van der Waals surface area contributed by atoms with Crippen LogP contribution in [-0.2, 0) is 16.0 Å². The molecule has 2 aliphatic rings. The van der Waals surface area contributed by atoms with E-state index in [2.05, 4.69) is 36.5 Å². The van der Waals surface area contributed by atoms with Crippen LogP contribution in [0.1, 0.15) is 54.7 Å². The molecule has 1 heterocycles. The van der Waals surface area contributed by atoms with Gasteiger partial charge in [0.1, 0.15) is 5.75 Å². The Morgan fingerprint density at radius 1 is 1.03 bits per heavy atom. The molecular weight excluding hydrogens is 386 g/mol. The van der Waals surface area contributed by atoms with Crippen molar-refractivity contribution in [1.82, 2.24) is 5.32 Å². The minimum absolute atomic E-state index is 0.0597. The number of halogens is 1. The maximum Gasteiger partial charge on any atom is 0.225 e. The Labute approximate surface area is 175 Å². The van der Waals surface area contributed by atoms with Gasteiger partial charge in [0.2, 0.25) is 5.91 Å². The molecule has 29 heavy (non-hydrogen) atoms. The smallest absolute Gasteiger partial charge is 0.225 e. The van der Waals surface area contributed by atoms with Gasteiger partial charge in [-0.2, -0.15) is 0 Å². The first-order valence-corrected chi connectivity index (χ1v) is 10.4. The molecule has 5 heteroatoms. The van der Waals surface area contributed by atoms with Crippen LogP contribution >= 0.6 is 11.6 Å². The fraction of sp³-hybridized carbons (Fsp3) is 0.333. The van der Waals surface area contributed by atoms with E-state index in [1.807, 2.05) is 6.07 Å². The number of ether oxygens (including phenoxy) is 1. The maximum atomic E-state index is 13.2. The molecule has 0 saturated heterocycles. The molecule has 2 aromatic rings. The molecule has 0 aromatic heterocycles. The lowest BCUT2D eigenvalue weighted by Gasteiger charge is -2.34. The summed E-state index contributed by atoms with van der Waals surface area (Å²) in [6.07, 6.45) is 2.36. The molecule has 2 atom stereocenters. The number of carbonyl (C=O) groups is 2. The molecule has 4 rings (SSSR count). The zero-order valence-electron chi connectivity index (χ0n) is 16.6. The predicted octanol–water partition coefficient (Wildman–Crippen LogP) is 4.92. The number of aryl methyl sites for hydroxylation is 1. The summed E-state index contributed by atoms with van der Waals surface area (Å²) in [6.45, 7) is 2.12. The molecule has 0 saturated carbocycles. The third-order valence-electron chi connectivity index (χ3n) is 5.97. The van der Waals surface area contributed by atoms with E-state index in [9.17, 15) is 9.59 Å². The molecule has 2 unspecified atom stereocenters. The standard InChI is InChI=1S/C24H24ClNO3/c1-3-14-4-6-15(7-5-14)17-11-20-24(21(27)12-17)18(13-23(28)26-20)16-8-9-22(29-2)19(25)10-16/h4-10,17-18H,3,11-13H2,1-2H3,(H,26,28). The lowest BCUT2D eigenvalue weighted by Crippen LogP contribution is -2.38. The number of hydrogen-bond acceptors (Lipinski definition) is 3. The van der Waals surface area contributed by atoms with Crippen LogP contribution in [0.4, 0.5) is 0 Å². The summed E-state index contributed by atoms with van der Waals surface area (Å²) in [5.74, 6) is 0.447. The van der Waals surface area contributed by atoms with Crippen LogP contribution in [-0.4, -0.2) is 18.8 Å². The number of nitrogens with one attached hydrogen (secondary N) is 1. The van der Waals surface area contributed by atoms with Crippen LogP contribution < -0.4 is 10.1 Å². The Kier molecular flexibility index (Phi) is 5.46. The number of rotatable bonds is 4. The molecule has 2 aromatic carbocycles. The number of allylic oxidation sites excluding steroid dienone is 2. The van der Waals surface area contributed by atoms with Crippen LogP contribution in [0.3, 0.4) is 0 Å². The number of amides is 1. The van der Waals surface area contributed by atoms with Gasteiger partial charge in [-0.3, -0.25) is 9.59 Å². The molecule has 0 fully saturated rings. The Bertz CT molecular complexity index is 994. The Hall–Kier alpha value is -2.59. The van der Waals surface area contributed by atoms with Gasteiger partial charge in [0.05, 0.1) is 12.1 Å². The lowest BCUT2D eigenvalue weighted by atomic mass is 9.73. The largest absolute Gasteiger partial charge is 0.495 e. The number of methoxy groups -OCH3 is 1. The monoisotopic (exact) mass is 409 g/mol. The first-order valence-electron chi connectivity index (χ1n) is 9.98. The first kappa shape index (κ1) is 19.7. The van der Waals surface area contributed by atoms with E-state index in [1.165, 1.54) is 5.56 Å². The Morgan fingerprint density at radius 3 is 2.41 bits per heavy atom. The van der Waals surface area contributed by atoms with Crippen LogP contribution in [0, 0.1) is 0 Å². The predicted molar refractivity (Wildman–Crippen MR) is 113 cm³/mol. The van der Waals surface area contributed by atoms with Gasteiger partial charge in [-0.05, 0) is 47.6 Å². The third-order valence-corrected chi connectivity index (χ3v) is 6.27. The lowest BCUT2D eigenvalue weighted by molar-refractivity contribution is -0.122. The highest BCUT2D eigenvalue weighted by Crippen LogP contribution is 2.43. The Balaban J connectivity index is 1.68. The van der Waals surface area contributed by atoms with Crippen molar-refractivity contribution in [3.63, 3.8) is 0 Å². The van der Waals surface area contributed by atoms with Gasteiger partial charge in [-0.25, -0.2) is 0 Å². The van der Waals surface area contributed by atoms with Crippen molar-refractivity contribution in [2.75, 3.05) is 7.11 Å². The highest BCUT2D eigenvalue weighted by Gasteiger charge is 2.38. The van der Waals surface area contributed by atoms with E-state index >= 15 is 0 Å². The second kappa shape index (κ2) is 8.03. The summed E-state index contributed by atoms with van der Waals surface area (Å²) in [5.41, 5.74) is 4.78. The summed E-state index contributed by atoms with van der Waals surface area (Å²) in [6, 6.07) is 13.9. The normalized spacial score (nSPS) is 21.6. The van der Waals surface area contributed by atoms with Crippen molar-refractivity contribution in [3.05, 3.63) is 75.4 Å². The zero-order valence-corrected chi connectivity index (χ0v) is 17.4. The van der Waals surface area contributed by atoms with Crippen LogP contribution in [0.15, 0.2) is 53.7 Å². The number of benzene rings is 2. The van der Waals surface area contributed by atoms with Crippen molar-refractivity contribution in [3.8, 4) is 5.75 Å². The SMILES string of the molecule is CCc1ccc(C2CC(=O)C3=C(C2)NC(=O)CC3c2ccc(OC)c(Cl)c2)cc1. The van der Waals surface area contributed by atoms with Gasteiger partial charge >= 0.3 is 0 Å². The van der Waals surface area contributed by atoms with Gasteiger partial charge in [0, 0.05) is 30.0 Å². The van der Waals surface area contributed by atoms with Gasteiger partial charge < -0.3 is 10.1 Å². The van der Waals surface area contributed by atoms with Crippen LogP contribution in [0.5, 0.6) is 5.75 Å². The van der Waals surface area contributed by atoms with Crippen molar-refractivity contribution < 1.29 is 14.3 Å². The first-order chi connectivity index (χ1) is 14.0. The molecule has 1 amide bonds. The van der Waals surface area contributed by atoms with E-state index in [4.69, 9.17) is 16.3 Å². The number of ketones is 1. The summed E-state index contributed by atoms with van der Waals surface area (Å²) in [5, 5.41) is 3.45. The molecule has 1 aliphatic carbocycles. The molecule has 1 N–H and O–H groups in total. The van der Waals surface area contributed by atoms with Crippen molar-refractivity contribution in [2.45, 2.75) is 44.4 Å². The minimum Gasteiger partial charge on any atom is -0.495 e. The summed E-state index contributed by atoms with van der Waals surface area (Å²) in [7, 11) is 1.56. The summed E-state index contributed by atoms with van der Waals surface area (Å²) >= 11 is 6.30. The average Bonchev–Trinajstić information content (AvgIpc) is 2.72. The van der Waals surface area contributed by atoms with Crippen molar-refractivity contribution >= 4 is 23.3 Å². The van der Waals surface area contributed by atoms with E-state index in [0.29, 0.717) is 23.6 Å². The van der Waals surface area contributed by atoms with Gasteiger partial charge in [-0.15, -0.1) is 0 Å². The minimum atomic E-state index is -0.266. The van der Waals surface area contributed by atoms with Gasteiger partial charge in [0.15, 0.2) is 5.78 Å². The number of hydrogen-bond donors (Lipinski definition) is 1. The molecule has 0 spiro atoms. The third kappa shape index (κ3) is 3.82. The highest BCUT2D eigenvalue weighted by molar-refractivity contribution is 6.32. The summed E-state index contributed by atoms with van der Waals surface area (Å²) < 4.78 is 5.23. The average molecular weight is 410 g/mol. The summed E-state index contributed by atoms with van der Waals surface area (Å²) in [4.78, 5) is 25.6. The Morgan fingerprint density at radius 2 is 1.76 bits per heavy atom. The van der Waals surface area contributed by atoms with Gasteiger partial charge in [0.25, 0.3) is 0 Å². The fourth-order valence-corrected chi connectivity index (χ4v) is 4.67. The van der Waals surface area contributed by atoms with E-state index < -0.39 is 0 Å². The topological polar surface area (TPSA) is 55.4 Å².